The zero-order valence-electron chi connectivity index (χ0n) is 13.8. The van der Waals surface area contributed by atoms with Crippen molar-refractivity contribution in [1.29, 1.82) is 0 Å². The molecule has 5 nitrogen and oxygen atoms in total. The average Bonchev–Trinajstić information content (AvgIpc) is 3.06. The molecule has 1 aliphatic carbocycles. The molecule has 5 heteroatoms. The van der Waals surface area contributed by atoms with Gasteiger partial charge in [0.1, 0.15) is 5.54 Å². The molecule has 2 fully saturated rings. The molecule has 3 atom stereocenters. The molecule has 0 aromatic heterocycles. The number of carbonyl (C=O) groups excluding carboxylic acids is 1. The molecule has 1 heterocycles. The van der Waals surface area contributed by atoms with Crippen molar-refractivity contribution in [2.75, 3.05) is 33.3 Å². The normalized spacial score (nSPS) is 33.8. The number of hydrogen-bond acceptors (Lipinski definition) is 5. The Morgan fingerprint density at radius 1 is 1.43 bits per heavy atom. The Hall–Kier alpha value is -0.650. The summed E-state index contributed by atoms with van der Waals surface area (Å²) in [4.78, 5) is 17.0. The first kappa shape index (κ1) is 16.7. The van der Waals surface area contributed by atoms with E-state index in [0.29, 0.717) is 18.7 Å². The van der Waals surface area contributed by atoms with Crippen molar-refractivity contribution < 1.29 is 9.53 Å². The molecule has 1 saturated heterocycles. The molecule has 0 amide bonds. The van der Waals surface area contributed by atoms with Crippen LogP contribution in [0.2, 0.25) is 0 Å². The predicted molar refractivity (Wildman–Crippen MR) is 84.1 cm³/mol. The van der Waals surface area contributed by atoms with Crippen molar-refractivity contribution in [2.45, 2.75) is 63.6 Å². The van der Waals surface area contributed by atoms with Crippen LogP contribution in [0.25, 0.3) is 0 Å². The molecule has 2 rings (SSSR count). The maximum absolute atomic E-state index is 12.0. The van der Waals surface area contributed by atoms with Crippen molar-refractivity contribution in [3.8, 4) is 0 Å². The first-order valence-electron chi connectivity index (χ1n) is 8.40. The lowest BCUT2D eigenvalue weighted by Gasteiger charge is -2.32. The van der Waals surface area contributed by atoms with Crippen molar-refractivity contribution in [1.82, 2.24) is 9.80 Å². The molecule has 0 aromatic rings. The van der Waals surface area contributed by atoms with Gasteiger partial charge in [0.05, 0.1) is 6.61 Å². The second-order valence-corrected chi connectivity index (χ2v) is 6.64. The van der Waals surface area contributed by atoms with Gasteiger partial charge in [0.25, 0.3) is 0 Å². The van der Waals surface area contributed by atoms with Gasteiger partial charge >= 0.3 is 5.97 Å². The van der Waals surface area contributed by atoms with Gasteiger partial charge in [-0.15, -0.1) is 0 Å². The zero-order chi connectivity index (χ0) is 15.5. The van der Waals surface area contributed by atoms with Gasteiger partial charge in [0.2, 0.25) is 0 Å². The molecule has 2 aliphatic rings. The molecule has 2 N–H and O–H groups in total. The summed E-state index contributed by atoms with van der Waals surface area (Å²) in [6.45, 7) is 7.91. The molecule has 0 spiro atoms. The van der Waals surface area contributed by atoms with Gasteiger partial charge in [0, 0.05) is 18.6 Å². The minimum atomic E-state index is -0.769. The highest BCUT2D eigenvalue weighted by Crippen LogP contribution is 2.32. The Morgan fingerprint density at radius 3 is 2.86 bits per heavy atom. The van der Waals surface area contributed by atoms with E-state index in [1.54, 1.807) is 0 Å². The lowest BCUT2D eigenvalue weighted by Crippen LogP contribution is -2.49. The largest absolute Gasteiger partial charge is 0.465 e. The molecular weight excluding hydrogens is 266 g/mol. The third-order valence-corrected chi connectivity index (χ3v) is 5.23. The number of carbonyl (C=O) groups is 1. The fraction of sp³-hybridized carbons (Fsp3) is 0.938. The van der Waals surface area contributed by atoms with E-state index >= 15 is 0 Å². The second-order valence-electron chi connectivity index (χ2n) is 6.64. The molecule has 3 unspecified atom stereocenters. The monoisotopic (exact) mass is 297 g/mol. The summed E-state index contributed by atoms with van der Waals surface area (Å²) in [5.74, 6) is -0.225. The maximum Gasteiger partial charge on any atom is 0.326 e. The van der Waals surface area contributed by atoms with Gasteiger partial charge in [-0.25, -0.2) is 0 Å². The fourth-order valence-electron chi connectivity index (χ4n) is 3.88. The minimum Gasteiger partial charge on any atom is -0.465 e. The highest BCUT2D eigenvalue weighted by molar-refractivity contribution is 5.81. The predicted octanol–water partition coefficient (Wildman–Crippen LogP) is 1.22. The van der Waals surface area contributed by atoms with Gasteiger partial charge < -0.3 is 15.4 Å². The molecule has 1 aliphatic heterocycles. The van der Waals surface area contributed by atoms with Crippen LogP contribution in [0.4, 0.5) is 0 Å². The number of hydrogen-bond donors (Lipinski definition) is 1. The van der Waals surface area contributed by atoms with Gasteiger partial charge in [-0.2, -0.15) is 0 Å². The first-order chi connectivity index (χ1) is 10.00. The maximum atomic E-state index is 12.0. The van der Waals surface area contributed by atoms with Crippen molar-refractivity contribution in [3.05, 3.63) is 0 Å². The van der Waals surface area contributed by atoms with Crippen LogP contribution >= 0.6 is 0 Å². The fourth-order valence-corrected chi connectivity index (χ4v) is 3.88. The molecule has 0 aromatic carbocycles. The van der Waals surface area contributed by atoms with Crippen LogP contribution in [-0.2, 0) is 9.53 Å². The van der Waals surface area contributed by atoms with Gasteiger partial charge in [-0.05, 0) is 59.2 Å². The van der Waals surface area contributed by atoms with E-state index < -0.39 is 5.54 Å². The Morgan fingerprint density at radius 2 is 2.19 bits per heavy atom. The van der Waals surface area contributed by atoms with Crippen LogP contribution in [0.15, 0.2) is 0 Å². The molecule has 122 valence electrons. The van der Waals surface area contributed by atoms with Crippen molar-refractivity contribution in [2.24, 2.45) is 5.73 Å². The number of rotatable bonds is 6. The Labute approximate surface area is 128 Å². The summed E-state index contributed by atoms with van der Waals surface area (Å²) in [5.41, 5.74) is 5.50. The summed E-state index contributed by atoms with van der Waals surface area (Å²) >= 11 is 0. The summed E-state index contributed by atoms with van der Waals surface area (Å²) in [6.07, 6.45) is 5.05. The third kappa shape index (κ3) is 3.76. The number of nitrogens with two attached hydrogens (primary N) is 1. The van der Waals surface area contributed by atoms with E-state index in [1.165, 1.54) is 19.4 Å². The van der Waals surface area contributed by atoms with Crippen LogP contribution in [0.5, 0.6) is 0 Å². The Balaban J connectivity index is 1.87. The molecule has 21 heavy (non-hydrogen) atoms. The molecular formula is C16H31N3O2. The minimum absolute atomic E-state index is 0.225. The average molecular weight is 297 g/mol. The van der Waals surface area contributed by atoms with Crippen LogP contribution in [0.3, 0.4) is 0 Å². The number of esters is 1. The summed E-state index contributed by atoms with van der Waals surface area (Å²) < 4.78 is 5.13. The summed E-state index contributed by atoms with van der Waals surface area (Å²) in [7, 11) is 2.17. The van der Waals surface area contributed by atoms with Crippen molar-refractivity contribution >= 4 is 5.97 Å². The van der Waals surface area contributed by atoms with E-state index in [9.17, 15) is 4.79 Å². The van der Waals surface area contributed by atoms with Crippen LogP contribution < -0.4 is 5.73 Å². The number of nitrogens with zero attached hydrogens (tertiary/aromatic N) is 2. The van der Waals surface area contributed by atoms with E-state index in [-0.39, 0.29) is 5.97 Å². The highest BCUT2D eigenvalue weighted by atomic mass is 16.5. The topological polar surface area (TPSA) is 58.8 Å². The van der Waals surface area contributed by atoms with Gasteiger partial charge in [-0.3, -0.25) is 9.69 Å². The standard InChI is InChI=1S/C16H31N3O2/c1-4-19-10-6-7-14(19)12-18(3)13-8-9-16(17,11-13)15(20)21-5-2/h13-14H,4-12,17H2,1-3H3. The lowest BCUT2D eigenvalue weighted by molar-refractivity contribution is -0.149. The zero-order valence-corrected chi connectivity index (χ0v) is 13.8. The smallest absolute Gasteiger partial charge is 0.326 e. The molecule has 1 saturated carbocycles. The van der Waals surface area contributed by atoms with Crippen LogP contribution in [0, 0.1) is 0 Å². The summed E-state index contributed by atoms with van der Waals surface area (Å²) in [6, 6.07) is 1.06. The number of ether oxygens (including phenoxy) is 1. The van der Waals surface area contributed by atoms with E-state index in [2.05, 4.69) is 23.8 Å². The van der Waals surface area contributed by atoms with Crippen LogP contribution in [-0.4, -0.2) is 66.7 Å². The molecule has 0 bridgehead atoms. The number of likely N-dealkylation sites (tertiary alicyclic amines) is 1. The lowest BCUT2D eigenvalue weighted by atomic mass is 9.99. The quantitative estimate of drug-likeness (QED) is 0.747. The SMILES string of the molecule is CCOC(=O)C1(N)CCC(N(C)CC2CCCN2CC)C1. The van der Waals surface area contributed by atoms with Gasteiger partial charge in [0.15, 0.2) is 0 Å². The van der Waals surface area contributed by atoms with Gasteiger partial charge in [-0.1, -0.05) is 6.92 Å². The number of likely N-dealkylation sites (N-methyl/N-ethyl adjacent to an activating group) is 2. The Kier molecular flexibility index (Phi) is 5.63. The second kappa shape index (κ2) is 7.07. The third-order valence-electron chi connectivity index (χ3n) is 5.23. The molecule has 0 radical (unpaired) electrons. The van der Waals surface area contributed by atoms with Crippen LogP contribution in [0.1, 0.15) is 46.0 Å². The highest BCUT2D eigenvalue weighted by Gasteiger charge is 2.44. The van der Waals surface area contributed by atoms with E-state index in [4.69, 9.17) is 10.5 Å². The Bertz CT molecular complexity index is 363. The van der Waals surface area contributed by atoms with E-state index in [1.807, 2.05) is 6.92 Å². The summed E-state index contributed by atoms with van der Waals surface area (Å²) in [5, 5.41) is 0. The van der Waals surface area contributed by atoms with E-state index in [0.717, 1.165) is 32.4 Å². The van der Waals surface area contributed by atoms with Crippen molar-refractivity contribution in [3.63, 3.8) is 0 Å². The first-order valence-corrected chi connectivity index (χ1v) is 8.40.